The molecule has 1 heterocycles. The van der Waals surface area contributed by atoms with E-state index in [-0.39, 0.29) is 0 Å². The Balaban J connectivity index is 1.61. The molecule has 0 N–H and O–H groups in total. The summed E-state index contributed by atoms with van der Waals surface area (Å²) in [5, 5.41) is 0. The lowest BCUT2D eigenvalue weighted by Crippen LogP contribution is -2.31. The summed E-state index contributed by atoms with van der Waals surface area (Å²) in [5.41, 5.74) is 2.31. The average molecular weight is 315 g/mol. The zero-order valence-electron chi connectivity index (χ0n) is 12.6. The topological polar surface area (TPSA) is 37.4 Å². The second kappa shape index (κ2) is 5.36. The molecule has 2 atom stereocenters. The quantitative estimate of drug-likeness (QED) is 0.786. The van der Waals surface area contributed by atoms with Crippen molar-refractivity contribution in [2.75, 3.05) is 13.1 Å². The van der Waals surface area contributed by atoms with Gasteiger partial charge < -0.3 is 0 Å². The third kappa shape index (κ3) is 2.34. The van der Waals surface area contributed by atoms with Crippen molar-refractivity contribution in [2.45, 2.75) is 25.7 Å². The molecule has 0 aromatic heterocycles. The van der Waals surface area contributed by atoms with E-state index in [1.54, 1.807) is 4.31 Å². The SMILES string of the molecule is O=S(=O)(C1=Cc2ccccc2CC1)N1C[C@H]2CC=CC[C@H]2C1. The molecule has 1 aromatic carbocycles. The van der Waals surface area contributed by atoms with Crippen molar-refractivity contribution < 1.29 is 8.42 Å². The molecule has 1 aliphatic heterocycles. The fourth-order valence-electron chi connectivity index (χ4n) is 3.94. The Labute approximate surface area is 132 Å². The molecule has 0 saturated carbocycles. The van der Waals surface area contributed by atoms with Gasteiger partial charge in [0.25, 0.3) is 0 Å². The lowest BCUT2D eigenvalue weighted by atomic mass is 9.86. The van der Waals surface area contributed by atoms with Gasteiger partial charge in [-0.25, -0.2) is 8.42 Å². The summed E-state index contributed by atoms with van der Waals surface area (Å²) >= 11 is 0. The highest BCUT2D eigenvalue weighted by molar-refractivity contribution is 7.93. The van der Waals surface area contributed by atoms with E-state index >= 15 is 0 Å². The summed E-state index contributed by atoms with van der Waals surface area (Å²) in [7, 11) is -3.30. The molecule has 0 radical (unpaired) electrons. The second-order valence-corrected chi connectivity index (χ2v) is 8.59. The van der Waals surface area contributed by atoms with E-state index in [4.69, 9.17) is 0 Å². The Hall–Kier alpha value is -1.39. The van der Waals surface area contributed by atoms with Crippen molar-refractivity contribution in [3.8, 4) is 0 Å². The molecule has 0 unspecified atom stereocenters. The van der Waals surface area contributed by atoms with Crippen LogP contribution in [-0.4, -0.2) is 25.8 Å². The third-order valence-corrected chi connectivity index (χ3v) is 7.23. The van der Waals surface area contributed by atoms with Crippen LogP contribution in [0.15, 0.2) is 41.3 Å². The van der Waals surface area contributed by atoms with Gasteiger partial charge in [-0.2, -0.15) is 4.31 Å². The number of nitrogens with zero attached hydrogens (tertiary/aromatic N) is 1. The lowest BCUT2D eigenvalue weighted by Gasteiger charge is -2.22. The van der Waals surface area contributed by atoms with Gasteiger partial charge in [-0.3, -0.25) is 0 Å². The first-order chi connectivity index (χ1) is 10.6. The van der Waals surface area contributed by atoms with Gasteiger partial charge in [0.1, 0.15) is 0 Å². The standard InChI is InChI=1S/C18H21NO2S/c20-22(21,19-12-16-7-3-4-8-17(16)13-19)18-10-9-14-5-1-2-6-15(14)11-18/h1-6,11,16-17H,7-10,12-13H2/t16-,17+. The van der Waals surface area contributed by atoms with Crippen LogP contribution in [0.25, 0.3) is 6.08 Å². The van der Waals surface area contributed by atoms with Gasteiger partial charge in [-0.1, -0.05) is 36.4 Å². The first-order valence-electron chi connectivity index (χ1n) is 8.08. The minimum Gasteiger partial charge on any atom is -0.207 e. The van der Waals surface area contributed by atoms with Crippen molar-refractivity contribution in [3.05, 3.63) is 52.4 Å². The lowest BCUT2D eigenvalue weighted by molar-refractivity contribution is 0.411. The largest absolute Gasteiger partial charge is 0.239 e. The fraction of sp³-hybridized carbons (Fsp3) is 0.444. The number of rotatable bonds is 2. The molecule has 0 spiro atoms. The summed E-state index contributed by atoms with van der Waals surface area (Å²) in [6.07, 6.45) is 9.79. The first kappa shape index (κ1) is 14.2. The maximum atomic E-state index is 13.0. The predicted molar refractivity (Wildman–Crippen MR) is 88.6 cm³/mol. The molecule has 1 fully saturated rings. The van der Waals surface area contributed by atoms with Crippen LogP contribution in [0.2, 0.25) is 0 Å². The number of aryl methyl sites for hydroxylation is 1. The fourth-order valence-corrected chi connectivity index (χ4v) is 5.69. The third-order valence-electron chi connectivity index (χ3n) is 5.27. The molecule has 0 amide bonds. The van der Waals surface area contributed by atoms with Gasteiger partial charge >= 0.3 is 0 Å². The van der Waals surface area contributed by atoms with E-state index in [0.717, 1.165) is 24.8 Å². The van der Waals surface area contributed by atoms with Crippen LogP contribution < -0.4 is 0 Å². The highest BCUT2D eigenvalue weighted by atomic mass is 32.2. The Morgan fingerprint density at radius 2 is 1.64 bits per heavy atom. The second-order valence-electron chi connectivity index (χ2n) is 6.59. The summed E-state index contributed by atoms with van der Waals surface area (Å²) in [5.74, 6) is 1.02. The van der Waals surface area contributed by atoms with Gasteiger partial charge in [0.05, 0.1) is 4.91 Å². The summed E-state index contributed by atoms with van der Waals surface area (Å²) in [4.78, 5) is 0.595. The van der Waals surface area contributed by atoms with Gasteiger partial charge in [0.2, 0.25) is 10.0 Å². The van der Waals surface area contributed by atoms with Crippen LogP contribution in [0.5, 0.6) is 0 Å². The molecule has 22 heavy (non-hydrogen) atoms. The molecule has 2 aliphatic carbocycles. The highest BCUT2D eigenvalue weighted by Gasteiger charge is 2.40. The van der Waals surface area contributed by atoms with Crippen molar-refractivity contribution in [1.29, 1.82) is 0 Å². The van der Waals surface area contributed by atoms with E-state index in [2.05, 4.69) is 18.2 Å². The van der Waals surface area contributed by atoms with E-state index in [0.29, 0.717) is 36.3 Å². The zero-order valence-corrected chi connectivity index (χ0v) is 13.4. The highest BCUT2D eigenvalue weighted by Crippen LogP contribution is 2.37. The van der Waals surface area contributed by atoms with Gasteiger partial charge in [0, 0.05) is 13.1 Å². The van der Waals surface area contributed by atoms with Gasteiger partial charge in [0.15, 0.2) is 0 Å². The number of fused-ring (bicyclic) bond motifs is 2. The van der Waals surface area contributed by atoms with Crippen molar-refractivity contribution >= 4 is 16.1 Å². The average Bonchev–Trinajstić information content (AvgIpc) is 2.99. The van der Waals surface area contributed by atoms with Crippen LogP contribution >= 0.6 is 0 Å². The molecule has 1 aromatic rings. The molecule has 0 bridgehead atoms. The van der Waals surface area contributed by atoms with Crippen LogP contribution in [-0.2, 0) is 16.4 Å². The number of sulfonamides is 1. The monoisotopic (exact) mass is 315 g/mol. The number of allylic oxidation sites excluding steroid dienone is 3. The van der Waals surface area contributed by atoms with E-state index < -0.39 is 10.0 Å². The van der Waals surface area contributed by atoms with Crippen molar-refractivity contribution in [3.63, 3.8) is 0 Å². The van der Waals surface area contributed by atoms with E-state index in [1.807, 2.05) is 24.3 Å². The number of hydrogen-bond acceptors (Lipinski definition) is 2. The van der Waals surface area contributed by atoms with E-state index in [9.17, 15) is 8.42 Å². The maximum Gasteiger partial charge on any atom is 0.239 e. The Kier molecular flexibility index (Phi) is 3.46. The smallest absolute Gasteiger partial charge is 0.207 e. The Bertz CT molecular complexity index is 732. The van der Waals surface area contributed by atoms with Crippen LogP contribution in [0, 0.1) is 11.8 Å². The van der Waals surface area contributed by atoms with Crippen molar-refractivity contribution in [1.82, 2.24) is 4.31 Å². The van der Waals surface area contributed by atoms with Crippen LogP contribution in [0.4, 0.5) is 0 Å². The molecule has 3 aliphatic rings. The predicted octanol–water partition coefficient (Wildman–Crippen LogP) is 3.20. The maximum absolute atomic E-state index is 13.0. The first-order valence-corrected chi connectivity index (χ1v) is 9.52. The van der Waals surface area contributed by atoms with E-state index in [1.165, 1.54) is 5.56 Å². The number of benzene rings is 1. The summed E-state index contributed by atoms with van der Waals surface area (Å²) in [6.45, 7) is 1.38. The molecule has 1 saturated heterocycles. The number of hydrogen-bond donors (Lipinski definition) is 0. The summed E-state index contributed by atoms with van der Waals surface area (Å²) < 4.78 is 27.7. The Morgan fingerprint density at radius 3 is 2.36 bits per heavy atom. The Morgan fingerprint density at radius 1 is 0.955 bits per heavy atom. The minimum absolute atomic E-state index is 0.510. The van der Waals surface area contributed by atoms with Crippen LogP contribution in [0.3, 0.4) is 0 Å². The molecule has 116 valence electrons. The molecule has 3 nitrogen and oxygen atoms in total. The molecular formula is C18H21NO2S. The zero-order chi connectivity index (χ0) is 15.2. The summed E-state index contributed by atoms with van der Waals surface area (Å²) in [6, 6.07) is 8.09. The molecular weight excluding hydrogens is 294 g/mol. The minimum atomic E-state index is -3.30. The molecule has 4 heteroatoms. The van der Waals surface area contributed by atoms with Crippen molar-refractivity contribution in [2.24, 2.45) is 11.8 Å². The normalized spacial score (nSPS) is 28.1. The van der Waals surface area contributed by atoms with Gasteiger partial charge in [-0.15, -0.1) is 0 Å². The molecule has 4 rings (SSSR count). The van der Waals surface area contributed by atoms with Crippen LogP contribution in [0.1, 0.15) is 30.4 Å². The van der Waals surface area contributed by atoms with Gasteiger partial charge in [-0.05, 0) is 54.7 Å².